The van der Waals surface area contributed by atoms with Crippen molar-refractivity contribution in [3.63, 3.8) is 0 Å². The van der Waals surface area contributed by atoms with Gasteiger partial charge < -0.3 is 0 Å². The molecule has 0 saturated heterocycles. The normalized spacial score (nSPS) is 10.6. The Kier molecular flexibility index (Phi) is 3.91. The molecule has 0 unspecified atom stereocenters. The summed E-state index contributed by atoms with van der Waals surface area (Å²) in [6, 6.07) is 9.94. The number of benzene rings is 2. The summed E-state index contributed by atoms with van der Waals surface area (Å²) in [5, 5.41) is 0. The van der Waals surface area contributed by atoms with E-state index in [1.165, 1.54) is 0 Å². The highest BCUT2D eigenvalue weighted by Gasteiger charge is 2.14. The second-order valence-corrected chi connectivity index (χ2v) is 5.98. The van der Waals surface area contributed by atoms with Crippen LogP contribution in [0.25, 0.3) is 0 Å². The average Bonchev–Trinajstić information content (AvgIpc) is 2.31. The summed E-state index contributed by atoms with van der Waals surface area (Å²) in [6.07, 6.45) is 0. The highest BCUT2D eigenvalue weighted by molar-refractivity contribution is 9.10. The molecule has 2 heteroatoms. The Morgan fingerprint density at radius 2 is 1.42 bits per heavy atom. The summed E-state index contributed by atoms with van der Waals surface area (Å²) in [4.78, 5) is 12.6. The lowest BCUT2D eigenvalue weighted by Gasteiger charge is -2.09. The van der Waals surface area contributed by atoms with Gasteiger partial charge in [-0.15, -0.1) is 0 Å². The molecule has 1 nitrogen and oxygen atoms in total. The van der Waals surface area contributed by atoms with Crippen LogP contribution in [0.4, 0.5) is 0 Å². The van der Waals surface area contributed by atoms with Gasteiger partial charge in [0.2, 0.25) is 0 Å². The van der Waals surface area contributed by atoms with Crippen molar-refractivity contribution < 1.29 is 4.79 Å². The quantitative estimate of drug-likeness (QED) is 0.719. The van der Waals surface area contributed by atoms with E-state index in [-0.39, 0.29) is 5.78 Å². The molecule has 98 valence electrons. The van der Waals surface area contributed by atoms with Crippen LogP contribution in [-0.2, 0) is 0 Å². The Morgan fingerprint density at radius 1 is 0.842 bits per heavy atom. The maximum atomic E-state index is 12.6. The number of rotatable bonds is 2. The van der Waals surface area contributed by atoms with E-state index >= 15 is 0 Å². The van der Waals surface area contributed by atoms with Crippen LogP contribution in [0.1, 0.15) is 38.2 Å². The second-order valence-electron chi connectivity index (χ2n) is 5.12. The molecule has 0 bridgehead atoms. The van der Waals surface area contributed by atoms with Crippen LogP contribution in [0.2, 0.25) is 0 Å². The first-order valence-corrected chi connectivity index (χ1v) is 7.07. The van der Waals surface area contributed by atoms with Crippen LogP contribution in [0, 0.1) is 27.7 Å². The molecule has 0 aromatic heterocycles. The van der Waals surface area contributed by atoms with E-state index < -0.39 is 0 Å². The highest BCUT2D eigenvalue weighted by atomic mass is 79.9. The zero-order valence-electron chi connectivity index (χ0n) is 11.7. The SMILES string of the molecule is Cc1cc(C)cc(C(=O)c2cc(C)c(Br)cc2C)c1. The first kappa shape index (κ1) is 14.0. The van der Waals surface area contributed by atoms with E-state index in [1.54, 1.807) is 0 Å². The van der Waals surface area contributed by atoms with Gasteiger partial charge in [0.1, 0.15) is 0 Å². The van der Waals surface area contributed by atoms with E-state index in [2.05, 4.69) is 22.0 Å². The van der Waals surface area contributed by atoms with Crippen molar-refractivity contribution in [1.82, 2.24) is 0 Å². The molecule has 0 radical (unpaired) electrons. The predicted molar refractivity (Wildman–Crippen MR) is 83.0 cm³/mol. The standard InChI is InChI=1S/C17H17BrO/c1-10-5-11(2)7-14(6-10)17(19)15-8-13(4)16(18)9-12(15)3/h5-9H,1-4H3. The Morgan fingerprint density at radius 3 is 2.00 bits per heavy atom. The third kappa shape index (κ3) is 2.95. The van der Waals surface area contributed by atoms with Crippen LogP contribution in [0.15, 0.2) is 34.8 Å². The van der Waals surface area contributed by atoms with Crippen LogP contribution < -0.4 is 0 Å². The summed E-state index contributed by atoms with van der Waals surface area (Å²) in [6.45, 7) is 8.01. The largest absolute Gasteiger partial charge is 0.289 e. The second kappa shape index (κ2) is 5.30. The third-order valence-corrected chi connectivity index (χ3v) is 4.09. The molecule has 0 N–H and O–H groups in total. The van der Waals surface area contributed by atoms with Crippen LogP contribution >= 0.6 is 15.9 Å². The monoisotopic (exact) mass is 316 g/mol. The first-order valence-electron chi connectivity index (χ1n) is 6.28. The molecule has 0 fully saturated rings. The Bertz CT molecular complexity index is 636. The van der Waals surface area contributed by atoms with Gasteiger partial charge in [-0.25, -0.2) is 0 Å². The van der Waals surface area contributed by atoms with Gasteiger partial charge in [0, 0.05) is 15.6 Å². The molecule has 0 saturated carbocycles. The molecule has 2 rings (SSSR count). The van der Waals surface area contributed by atoms with Gasteiger partial charge in [-0.2, -0.15) is 0 Å². The Balaban J connectivity index is 2.53. The fourth-order valence-electron chi connectivity index (χ4n) is 2.29. The molecule has 0 aliphatic carbocycles. The maximum Gasteiger partial charge on any atom is 0.193 e. The number of carbonyl (C=O) groups excluding carboxylic acids is 1. The van der Waals surface area contributed by atoms with E-state index in [1.807, 2.05) is 52.0 Å². The molecule has 0 aliphatic heterocycles. The van der Waals surface area contributed by atoms with Crippen molar-refractivity contribution in [2.75, 3.05) is 0 Å². The molecule has 2 aromatic rings. The third-order valence-electron chi connectivity index (χ3n) is 3.23. The fraction of sp³-hybridized carbons (Fsp3) is 0.235. The lowest BCUT2D eigenvalue weighted by Crippen LogP contribution is -2.05. The average molecular weight is 317 g/mol. The van der Waals surface area contributed by atoms with Crippen molar-refractivity contribution in [3.05, 3.63) is 68.2 Å². The summed E-state index contributed by atoms with van der Waals surface area (Å²) in [5.41, 5.74) is 5.87. The van der Waals surface area contributed by atoms with Crippen molar-refractivity contribution in [2.24, 2.45) is 0 Å². The summed E-state index contributed by atoms with van der Waals surface area (Å²) in [5.74, 6) is 0.0971. The van der Waals surface area contributed by atoms with Gasteiger partial charge in [-0.3, -0.25) is 4.79 Å². The van der Waals surface area contributed by atoms with Gasteiger partial charge in [0.05, 0.1) is 0 Å². The zero-order valence-corrected chi connectivity index (χ0v) is 13.3. The Hall–Kier alpha value is -1.41. The van der Waals surface area contributed by atoms with Crippen molar-refractivity contribution in [2.45, 2.75) is 27.7 Å². The van der Waals surface area contributed by atoms with Crippen LogP contribution in [0.5, 0.6) is 0 Å². The minimum absolute atomic E-state index is 0.0971. The molecule has 0 atom stereocenters. The lowest BCUT2D eigenvalue weighted by atomic mass is 9.95. The maximum absolute atomic E-state index is 12.6. The number of halogens is 1. The highest BCUT2D eigenvalue weighted by Crippen LogP contribution is 2.23. The topological polar surface area (TPSA) is 17.1 Å². The summed E-state index contributed by atoms with van der Waals surface area (Å²) in [7, 11) is 0. The van der Waals surface area contributed by atoms with E-state index in [9.17, 15) is 4.79 Å². The minimum Gasteiger partial charge on any atom is -0.289 e. The molecule has 2 aromatic carbocycles. The molecule has 0 aliphatic rings. The molecular formula is C17H17BrO. The zero-order chi connectivity index (χ0) is 14.2. The van der Waals surface area contributed by atoms with E-state index in [4.69, 9.17) is 0 Å². The first-order chi connectivity index (χ1) is 8.88. The van der Waals surface area contributed by atoms with Gasteiger partial charge in [0.25, 0.3) is 0 Å². The number of carbonyl (C=O) groups is 1. The van der Waals surface area contributed by atoms with E-state index in [0.717, 1.165) is 37.9 Å². The number of aryl methyl sites for hydroxylation is 4. The molecule has 0 amide bonds. The van der Waals surface area contributed by atoms with Crippen molar-refractivity contribution in [3.8, 4) is 0 Å². The van der Waals surface area contributed by atoms with Crippen molar-refractivity contribution >= 4 is 21.7 Å². The molecule has 0 heterocycles. The Labute approximate surface area is 122 Å². The molecule has 19 heavy (non-hydrogen) atoms. The molecule has 0 spiro atoms. The summed E-state index contributed by atoms with van der Waals surface area (Å²) >= 11 is 3.50. The van der Waals surface area contributed by atoms with E-state index in [0.29, 0.717) is 0 Å². The molecular weight excluding hydrogens is 300 g/mol. The van der Waals surface area contributed by atoms with Gasteiger partial charge >= 0.3 is 0 Å². The van der Waals surface area contributed by atoms with Crippen LogP contribution in [0.3, 0.4) is 0 Å². The van der Waals surface area contributed by atoms with Gasteiger partial charge in [0.15, 0.2) is 5.78 Å². The lowest BCUT2D eigenvalue weighted by molar-refractivity contribution is 0.103. The van der Waals surface area contributed by atoms with Gasteiger partial charge in [-0.05, 0) is 63.1 Å². The minimum atomic E-state index is 0.0971. The summed E-state index contributed by atoms with van der Waals surface area (Å²) < 4.78 is 1.04. The van der Waals surface area contributed by atoms with Crippen molar-refractivity contribution in [1.29, 1.82) is 0 Å². The smallest absolute Gasteiger partial charge is 0.193 e. The number of ketones is 1. The van der Waals surface area contributed by atoms with Crippen LogP contribution in [-0.4, -0.2) is 5.78 Å². The predicted octanol–water partition coefficient (Wildman–Crippen LogP) is 4.91. The number of hydrogen-bond acceptors (Lipinski definition) is 1. The number of hydrogen-bond donors (Lipinski definition) is 0. The van der Waals surface area contributed by atoms with Gasteiger partial charge in [-0.1, -0.05) is 33.1 Å². The fourth-order valence-corrected chi connectivity index (χ4v) is 2.74.